The molecule has 0 aliphatic heterocycles. The second-order valence-corrected chi connectivity index (χ2v) is 7.94. The van der Waals surface area contributed by atoms with Crippen LogP contribution in [0, 0.1) is 13.8 Å². The standard InChI is InChI=1S/C21H19BrF3N3O3/c1-4-16-13(8-15(22)19(29)27-16)9-28-10-26-18(21(23,24)25)17(20(28)30)31-14-6-11(2)5-12(3)7-14/h5-8,10H,4,9H2,1-3H3,(H,27,29). The summed E-state index contributed by atoms with van der Waals surface area (Å²) in [6.07, 6.45) is -3.58. The van der Waals surface area contributed by atoms with Gasteiger partial charge in [-0.05, 0) is 71.1 Å². The van der Waals surface area contributed by atoms with Gasteiger partial charge in [0, 0.05) is 5.69 Å². The number of pyridine rings is 1. The maximum Gasteiger partial charge on any atom is 0.437 e. The molecule has 0 aliphatic rings. The van der Waals surface area contributed by atoms with Crippen molar-refractivity contribution in [3.8, 4) is 11.5 Å². The summed E-state index contributed by atoms with van der Waals surface area (Å²) in [5, 5.41) is 0. The summed E-state index contributed by atoms with van der Waals surface area (Å²) in [4.78, 5) is 30.9. The van der Waals surface area contributed by atoms with Crippen molar-refractivity contribution in [3.63, 3.8) is 0 Å². The molecule has 0 aliphatic carbocycles. The number of nitrogens with zero attached hydrogens (tertiary/aromatic N) is 2. The fourth-order valence-corrected chi connectivity index (χ4v) is 3.58. The lowest BCUT2D eigenvalue weighted by atomic mass is 10.1. The molecular formula is C21H19BrF3N3O3. The minimum Gasteiger partial charge on any atom is -0.449 e. The third-order valence-corrected chi connectivity index (χ3v) is 5.13. The van der Waals surface area contributed by atoms with E-state index in [-0.39, 0.29) is 22.3 Å². The second kappa shape index (κ2) is 8.70. The number of ether oxygens (including phenoxy) is 1. The monoisotopic (exact) mass is 497 g/mol. The smallest absolute Gasteiger partial charge is 0.437 e. The summed E-state index contributed by atoms with van der Waals surface area (Å²) in [5.41, 5.74) is -0.0295. The molecule has 2 aromatic heterocycles. The number of halogens is 4. The fourth-order valence-electron chi connectivity index (χ4n) is 3.21. The molecule has 3 aromatic rings. The van der Waals surface area contributed by atoms with Crippen molar-refractivity contribution in [2.24, 2.45) is 0 Å². The quantitative estimate of drug-likeness (QED) is 0.552. The van der Waals surface area contributed by atoms with E-state index < -0.39 is 23.2 Å². The van der Waals surface area contributed by atoms with E-state index in [9.17, 15) is 22.8 Å². The van der Waals surface area contributed by atoms with Crippen LogP contribution >= 0.6 is 15.9 Å². The van der Waals surface area contributed by atoms with Gasteiger partial charge in [0.05, 0.1) is 17.3 Å². The van der Waals surface area contributed by atoms with Crippen LogP contribution in [-0.4, -0.2) is 14.5 Å². The van der Waals surface area contributed by atoms with Gasteiger partial charge in [0.15, 0.2) is 5.69 Å². The summed E-state index contributed by atoms with van der Waals surface area (Å²) in [6.45, 7) is 5.26. The normalized spacial score (nSPS) is 11.6. The van der Waals surface area contributed by atoms with Crippen molar-refractivity contribution in [2.45, 2.75) is 39.9 Å². The average molecular weight is 498 g/mol. The van der Waals surface area contributed by atoms with Crippen LogP contribution < -0.4 is 15.9 Å². The Labute approximate surface area is 183 Å². The van der Waals surface area contributed by atoms with Crippen molar-refractivity contribution in [3.05, 3.63) is 83.9 Å². The molecule has 2 heterocycles. The molecule has 1 aromatic carbocycles. The van der Waals surface area contributed by atoms with Crippen LogP contribution in [0.5, 0.6) is 11.5 Å². The van der Waals surface area contributed by atoms with Gasteiger partial charge in [0.2, 0.25) is 5.75 Å². The molecule has 0 fully saturated rings. The maximum atomic E-state index is 13.5. The van der Waals surface area contributed by atoms with Gasteiger partial charge in [-0.3, -0.25) is 14.2 Å². The lowest BCUT2D eigenvalue weighted by Gasteiger charge is -2.16. The Morgan fingerprint density at radius 2 is 1.77 bits per heavy atom. The van der Waals surface area contributed by atoms with Gasteiger partial charge in [-0.2, -0.15) is 13.2 Å². The number of benzene rings is 1. The van der Waals surface area contributed by atoms with Gasteiger partial charge in [-0.15, -0.1) is 0 Å². The number of hydrogen-bond acceptors (Lipinski definition) is 4. The highest BCUT2D eigenvalue weighted by molar-refractivity contribution is 9.10. The molecule has 0 saturated carbocycles. The summed E-state index contributed by atoms with van der Waals surface area (Å²) in [7, 11) is 0. The van der Waals surface area contributed by atoms with Crippen LogP contribution in [0.3, 0.4) is 0 Å². The Morgan fingerprint density at radius 3 is 2.35 bits per heavy atom. The number of aryl methyl sites for hydroxylation is 3. The average Bonchev–Trinajstić information content (AvgIpc) is 2.65. The first kappa shape index (κ1) is 22.8. The Balaban J connectivity index is 2.12. The molecule has 0 radical (unpaired) electrons. The van der Waals surface area contributed by atoms with Crippen LogP contribution in [0.4, 0.5) is 13.2 Å². The summed E-state index contributed by atoms with van der Waals surface area (Å²) in [6, 6.07) is 6.45. The van der Waals surface area contributed by atoms with E-state index >= 15 is 0 Å². The van der Waals surface area contributed by atoms with E-state index in [2.05, 4.69) is 25.9 Å². The van der Waals surface area contributed by atoms with E-state index in [1.165, 1.54) is 18.2 Å². The van der Waals surface area contributed by atoms with Crippen molar-refractivity contribution in [1.82, 2.24) is 14.5 Å². The SMILES string of the molecule is CCc1[nH]c(=O)c(Br)cc1Cn1cnc(C(F)(F)F)c(Oc2cc(C)cc(C)c2)c1=O. The Morgan fingerprint density at radius 1 is 1.13 bits per heavy atom. The number of alkyl halides is 3. The molecule has 0 unspecified atom stereocenters. The molecule has 3 rings (SSSR count). The first-order valence-electron chi connectivity index (χ1n) is 9.33. The van der Waals surface area contributed by atoms with Crippen molar-refractivity contribution >= 4 is 15.9 Å². The highest BCUT2D eigenvalue weighted by Crippen LogP contribution is 2.34. The minimum absolute atomic E-state index is 0.0915. The van der Waals surface area contributed by atoms with E-state index in [4.69, 9.17) is 4.74 Å². The van der Waals surface area contributed by atoms with E-state index in [1.54, 1.807) is 13.8 Å². The lowest BCUT2D eigenvalue weighted by Crippen LogP contribution is -2.27. The van der Waals surface area contributed by atoms with Crippen molar-refractivity contribution in [2.75, 3.05) is 0 Å². The van der Waals surface area contributed by atoms with E-state index in [0.29, 0.717) is 17.7 Å². The molecule has 0 saturated heterocycles. The van der Waals surface area contributed by atoms with E-state index in [0.717, 1.165) is 22.0 Å². The van der Waals surface area contributed by atoms with Gasteiger partial charge in [0.1, 0.15) is 5.75 Å². The lowest BCUT2D eigenvalue weighted by molar-refractivity contribution is -0.142. The molecule has 1 N–H and O–H groups in total. The number of aromatic amines is 1. The largest absolute Gasteiger partial charge is 0.449 e. The highest BCUT2D eigenvalue weighted by atomic mass is 79.9. The number of aromatic nitrogens is 3. The number of H-pyrrole nitrogens is 1. The van der Waals surface area contributed by atoms with Crippen LogP contribution in [0.1, 0.15) is 35.0 Å². The van der Waals surface area contributed by atoms with Crippen LogP contribution in [0.2, 0.25) is 0 Å². The maximum absolute atomic E-state index is 13.5. The van der Waals surface area contributed by atoms with E-state index in [1.807, 2.05) is 13.0 Å². The van der Waals surface area contributed by atoms with Gasteiger partial charge in [-0.25, -0.2) is 4.98 Å². The number of rotatable bonds is 5. The first-order valence-corrected chi connectivity index (χ1v) is 10.1. The number of hydrogen-bond donors (Lipinski definition) is 1. The first-order chi connectivity index (χ1) is 14.5. The van der Waals surface area contributed by atoms with Gasteiger partial charge < -0.3 is 9.72 Å². The molecule has 0 amide bonds. The predicted molar refractivity (Wildman–Crippen MR) is 113 cm³/mol. The predicted octanol–water partition coefficient (Wildman–Crippen LogP) is 4.73. The summed E-state index contributed by atoms with van der Waals surface area (Å²) < 4.78 is 47.3. The summed E-state index contributed by atoms with van der Waals surface area (Å²) in [5.74, 6) is -0.790. The van der Waals surface area contributed by atoms with Gasteiger partial charge >= 0.3 is 6.18 Å². The Hall–Kier alpha value is -2.88. The van der Waals surface area contributed by atoms with Crippen molar-refractivity contribution < 1.29 is 17.9 Å². The molecular weight excluding hydrogens is 479 g/mol. The Kier molecular flexibility index (Phi) is 6.40. The van der Waals surface area contributed by atoms with Crippen LogP contribution in [0.25, 0.3) is 0 Å². The zero-order valence-electron chi connectivity index (χ0n) is 16.9. The van der Waals surface area contributed by atoms with Crippen LogP contribution in [0.15, 0.2) is 44.7 Å². The molecule has 0 atom stereocenters. The fraction of sp³-hybridized carbons (Fsp3) is 0.286. The van der Waals surface area contributed by atoms with Gasteiger partial charge in [-0.1, -0.05) is 13.0 Å². The zero-order valence-corrected chi connectivity index (χ0v) is 18.5. The molecule has 31 heavy (non-hydrogen) atoms. The second-order valence-electron chi connectivity index (χ2n) is 7.08. The van der Waals surface area contributed by atoms with Crippen molar-refractivity contribution in [1.29, 1.82) is 0 Å². The third-order valence-electron chi connectivity index (χ3n) is 4.54. The zero-order chi connectivity index (χ0) is 22.9. The molecule has 10 heteroatoms. The molecule has 164 valence electrons. The topological polar surface area (TPSA) is 77.0 Å². The third kappa shape index (κ3) is 5.07. The Bertz CT molecular complexity index is 1230. The molecule has 0 spiro atoms. The highest BCUT2D eigenvalue weighted by Gasteiger charge is 2.38. The minimum atomic E-state index is -4.87. The summed E-state index contributed by atoms with van der Waals surface area (Å²) >= 11 is 3.13. The van der Waals surface area contributed by atoms with Crippen LogP contribution in [-0.2, 0) is 19.1 Å². The molecule has 6 nitrogen and oxygen atoms in total. The molecule has 0 bridgehead atoms. The van der Waals surface area contributed by atoms with Gasteiger partial charge in [0.25, 0.3) is 11.1 Å². The number of nitrogens with one attached hydrogen (secondary N) is 1.